The molecule has 8 heteroatoms. The number of nitrogens with one attached hydrogen (secondary N) is 2. The Bertz CT molecular complexity index is 437. The molecule has 2 N–H and O–H groups in total. The zero-order valence-electron chi connectivity index (χ0n) is 13.4. The summed E-state index contributed by atoms with van der Waals surface area (Å²) in [6.07, 6.45) is 1.14. The van der Waals surface area contributed by atoms with Crippen molar-refractivity contribution in [1.82, 2.24) is 14.9 Å². The molecular weight excluding hydrogens is 308 g/mol. The first-order valence-electron chi connectivity index (χ1n) is 7.45. The molecule has 0 saturated carbocycles. The lowest BCUT2D eigenvalue weighted by Crippen LogP contribution is -2.49. The summed E-state index contributed by atoms with van der Waals surface area (Å²) in [5.41, 5.74) is 0. The first-order chi connectivity index (χ1) is 9.88. The first-order valence-corrected chi connectivity index (χ1v) is 10.1. The molecule has 1 heterocycles. The van der Waals surface area contributed by atoms with Crippen LogP contribution in [0.2, 0.25) is 0 Å². The number of hydrogen-bond acceptors (Lipinski definition) is 4. The number of rotatable bonds is 6. The molecule has 0 radical (unpaired) electrons. The number of sulfonamides is 1. The number of nitrogens with zero attached hydrogens (tertiary/aromatic N) is 2. The topological polar surface area (TPSA) is 73.8 Å². The molecule has 1 aliphatic rings. The predicted molar refractivity (Wildman–Crippen MR) is 91.5 cm³/mol. The van der Waals surface area contributed by atoms with E-state index in [9.17, 15) is 8.42 Å². The van der Waals surface area contributed by atoms with E-state index < -0.39 is 10.0 Å². The molecule has 1 fully saturated rings. The molecule has 0 amide bonds. The Morgan fingerprint density at radius 3 is 2.76 bits per heavy atom. The van der Waals surface area contributed by atoms with E-state index in [-0.39, 0.29) is 11.8 Å². The second-order valence-electron chi connectivity index (χ2n) is 5.41. The maximum absolute atomic E-state index is 11.8. The lowest BCUT2D eigenvalue weighted by atomic mass is 10.3. The van der Waals surface area contributed by atoms with Crippen LogP contribution in [0.25, 0.3) is 0 Å². The quantitative estimate of drug-likeness (QED) is 0.552. The Labute approximate surface area is 133 Å². The van der Waals surface area contributed by atoms with Gasteiger partial charge in [0.25, 0.3) is 0 Å². The van der Waals surface area contributed by atoms with Crippen LogP contribution in [0, 0.1) is 0 Å². The standard InChI is InChI=1S/C13H28N4O2S2/c1-5-12-10-17(7-8-20-12)13(14-4)15-6-9-21(18,19)16-11(2)3/h11-12,16H,5-10H2,1-4H3,(H,14,15). The Hall–Kier alpha value is -0.470. The molecule has 6 nitrogen and oxygen atoms in total. The van der Waals surface area contributed by atoms with E-state index in [1.165, 1.54) is 0 Å². The lowest BCUT2D eigenvalue weighted by molar-refractivity contribution is 0.409. The third-order valence-corrected chi connectivity index (χ3v) is 6.12. The van der Waals surface area contributed by atoms with Crippen LogP contribution in [0.4, 0.5) is 0 Å². The Morgan fingerprint density at radius 2 is 2.19 bits per heavy atom. The minimum atomic E-state index is -3.22. The van der Waals surface area contributed by atoms with Crippen molar-refractivity contribution in [2.45, 2.75) is 38.5 Å². The molecule has 1 rings (SSSR count). The van der Waals surface area contributed by atoms with Gasteiger partial charge in [0.2, 0.25) is 10.0 Å². The fourth-order valence-corrected chi connectivity index (χ4v) is 4.59. The maximum atomic E-state index is 11.8. The van der Waals surface area contributed by atoms with Gasteiger partial charge in [0.05, 0.1) is 5.75 Å². The second-order valence-corrected chi connectivity index (χ2v) is 8.69. The summed E-state index contributed by atoms with van der Waals surface area (Å²) in [7, 11) is -1.48. The summed E-state index contributed by atoms with van der Waals surface area (Å²) in [6, 6.07) is -0.0706. The van der Waals surface area contributed by atoms with Gasteiger partial charge < -0.3 is 10.2 Å². The van der Waals surface area contributed by atoms with Crippen molar-refractivity contribution >= 4 is 27.7 Å². The van der Waals surface area contributed by atoms with E-state index >= 15 is 0 Å². The molecule has 1 unspecified atom stereocenters. The van der Waals surface area contributed by atoms with Crippen molar-refractivity contribution in [1.29, 1.82) is 0 Å². The van der Waals surface area contributed by atoms with Crippen LogP contribution in [-0.2, 0) is 10.0 Å². The van der Waals surface area contributed by atoms with Gasteiger partial charge in [-0.15, -0.1) is 0 Å². The van der Waals surface area contributed by atoms with Crippen LogP contribution in [-0.4, -0.2) is 68.8 Å². The van der Waals surface area contributed by atoms with Gasteiger partial charge in [-0.1, -0.05) is 6.92 Å². The van der Waals surface area contributed by atoms with Gasteiger partial charge in [-0.25, -0.2) is 13.1 Å². The van der Waals surface area contributed by atoms with Crippen molar-refractivity contribution in [2.75, 3.05) is 38.2 Å². The molecule has 0 bridgehead atoms. The highest BCUT2D eigenvalue weighted by Crippen LogP contribution is 2.20. The van der Waals surface area contributed by atoms with E-state index in [2.05, 4.69) is 26.9 Å². The summed E-state index contributed by atoms with van der Waals surface area (Å²) in [6.45, 7) is 8.13. The van der Waals surface area contributed by atoms with E-state index in [0.717, 1.165) is 31.2 Å². The van der Waals surface area contributed by atoms with Crippen LogP contribution in [0.5, 0.6) is 0 Å². The minimum Gasteiger partial charge on any atom is -0.355 e. The van der Waals surface area contributed by atoms with Crippen molar-refractivity contribution in [3.8, 4) is 0 Å². The summed E-state index contributed by atoms with van der Waals surface area (Å²) in [5.74, 6) is 1.95. The van der Waals surface area contributed by atoms with Crippen LogP contribution < -0.4 is 10.0 Å². The number of guanidine groups is 1. The highest BCUT2D eigenvalue weighted by Gasteiger charge is 2.21. The monoisotopic (exact) mass is 336 g/mol. The third-order valence-electron chi connectivity index (χ3n) is 3.17. The number of hydrogen-bond donors (Lipinski definition) is 2. The zero-order valence-corrected chi connectivity index (χ0v) is 15.1. The Morgan fingerprint density at radius 1 is 1.48 bits per heavy atom. The van der Waals surface area contributed by atoms with Gasteiger partial charge in [0, 0.05) is 43.7 Å². The molecule has 124 valence electrons. The van der Waals surface area contributed by atoms with Gasteiger partial charge >= 0.3 is 0 Å². The first kappa shape index (κ1) is 18.6. The highest BCUT2D eigenvalue weighted by atomic mass is 32.2. The summed E-state index contributed by atoms with van der Waals surface area (Å²) < 4.78 is 26.1. The van der Waals surface area contributed by atoms with Crippen molar-refractivity contribution in [3.63, 3.8) is 0 Å². The summed E-state index contributed by atoms with van der Waals surface area (Å²) in [4.78, 5) is 6.48. The zero-order chi connectivity index (χ0) is 15.9. The SMILES string of the molecule is CCC1CN(C(=NC)NCCS(=O)(=O)NC(C)C)CCS1. The Balaban J connectivity index is 2.45. The van der Waals surface area contributed by atoms with E-state index in [4.69, 9.17) is 0 Å². The highest BCUT2D eigenvalue weighted by molar-refractivity contribution is 8.00. The van der Waals surface area contributed by atoms with Crippen LogP contribution in [0.3, 0.4) is 0 Å². The van der Waals surface area contributed by atoms with Gasteiger partial charge in [0.15, 0.2) is 5.96 Å². The fourth-order valence-electron chi connectivity index (χ4n) is 2.21. The summed E-state index contributed by atoms with van der Waals surface area (Å²) >= 11 is 2.00. The van der Waals surface area contributed by atoms with E-state index in [0.29, 0.717) is 11.8 Å². The molecular formula is C13H28N4O2S2. The largest absolute Gasteiger partial charge is 0.355 e. The number of thioether (sulfide) groups is 1. The maximum Gasteiger partial charge on any atom is 0.213 e. The molecule has 0 spiro atoms. The average Bonchev–Trinajstić information content (AvgIpc) is 2.42. The van der Waals surface area contributed by atoms with Crippen molar-refractivity contribution in [2.24, 2.45) is 4.99 Å². The molecule has 0 aromatic heterocycles. The van der Waals surface area contributed by atoms with E-state index in [1.807, 2.05) is 25.6 Å². The van der Waals surface area contributed by atoms with Gasteiger partial charge in [0.1, 0.15) is 0 Å². The van der Waals surface area contributed by atoms with Gasteiger partial charge in [-0.2, -0.15) is 11.8 Å². The molecule has 1 saturated heterocycles. The molecule has 1 atom stereocenters. The predicted octanol–water partition coefficient (Wildman–Crippen LogP) is 0.717. The van der Waals surface area contributed by atoms with Gasteiger partial charge in [-0.05, 0) is 20.3 Å². The molecule has 0 aromatic rings. The minimum absolute atomic E-state index is 0.0595. The molecule has 0 aromatic carbocycles. The molecule has 1 aliphatic heterocycles. The van der Waals surface area contributed by atoms with Crippen molar-refractivity contribution < 1.29 is 8.42 Å². The van der Waals surface area contributed by atoms with Crippen LogP contribution >= 0.6 is 11.8 Å². The van der Waals surface area contributed by atoms with Crippen LogP contribution in [0.15, 0.2) is 4.99 Å². The normalized spacial score (nSPS) is 20.9. The van der Waals surface area contributed by atoms with Gasteiger partial charge in [-0.3, -0.25) is 4.99 Å². The third kappa shape index (κ3) is 6.88. The molecule has 0 aliphatic carbocycles. The lowest BCUT2D eigenvalue weighted by Gasteiger charge is -2.34. The average molecular weight is 337 g/mol. The fraction of sp³-hybridized carbons (Fsp3) is 0.923. The molecule has 21 heavy (non-hydrogen) atoms. The smallest absolute Gasteiger partial charge is 0.213 e. The van der Waals surface area contributed by atoms with Crippen LogP contribution in [0.1, 0.15) is 27.2 Å². The Kier molecular flexibility index (Phi) is 7.83. The summed E-state index contributed by atoms with van der Waals surface area (Å²) in [5, 5.41) is 3.79. The van der Waals surface area contributed by atoms with E-state index in [1.54, 1.807) is 7.05 Å². The number of aliphatic imine (C=N–C) groups is 1. The second kappa shape index (κ2) is 8.85. The van der Waals surface area contributed by atoms with Crippen molar-refractivity contribution in [3.05, 3.63) is 0 Å².